The van der Waals surface area contributed by atoms with Crippen molar-refractivity contribution in [2.45, 2.75) is 6.92 Å². The van der Waals surface area contributed by atoms with E-state index in [9.17, 15) is 8.78 Å². The van der Waals surface area contributed by atoms with Crippen molar-refractivity contribution in [2.24, 2.45) is 15.7 Å². The molecule has 0 heterocycles. The fourth-order valence-electron chi connectivity index (χ4n) is 0.800. The number of aliphatic imine (C=N–C) groups is 2. The molecule has 0 aromatic heterocycles. The zero-order chi connectivity index (χ0) is 10.6. The molecule has 0 saturated carbocycles. The van der Waals surface area contributed by atoms with Gasteiger partial charge in [-0.25, -0.2) is 18.8 Å². The van der Waals surface area contributed by atoms with Gasteiger partial charge in [-0.05, 0) is 19.1 Å². The second-order valence-electron chi connectivity index (χ2n) is 2.64. The van der Waals surface area contributed by atoms with Crippen LogP contribution in [0.25, 0.3) is 0 Å². The highest BCUT2D eigenvalue weighted by atomic mass is 19.1. The van der Waals surface area contributed by atoms with Gasteiger partial charge in [0.2, 0.25) is 0 Å². The van der Waals surface area contributed by atoms with Crippen LogP contribution in [-0.2, 0) is 0 Å². The van der Waals surface area contributed by atoms with Gasteiger partial charge in [0.25, 0.3) is 0 Å². The van der Waals surface area contributed by atoms with Gasteiger partial charge >= 0.3 is 0 Å². The summed E-state index contributed by atoms with van der Waals surface area (Å²) < 4.78 is 25.3. The summed E-state index contributed by atoms with van der Waals surface area (Å²) in [7, 11) is 0. The number of nitrogens with two attached hydrogens (primary N) is 1. The highest BCUT2D eigenvalue weighted by Gasteiger charge is 1.97. The van der Waals surface area contributed by atoms with Crippen LogP contribution in [-0.4, -0.2) is 12.2 Å². The molecule has 74 valence electrons. The van der Waals surface area contributed by atoms with Crippen LogP contribution < -0.4 is 5.73 Å². The first-order chi connectivity index (χ1) is 6.58. The maximum Gasteiger partial charge on any atom is 0.128 e. The molecule has 0 aliphatic carbocycles. The molecule has 1 aromatic rings. The van der Waals surface area contributed by atoms with Crippen molar-refractivity contribution in [3.8, 4) is 0 Å². The second kappa shape index (κ2) is 4.45. The third-order valence-electron chi connectivity index (χ3n) is 1.32. The van der Waals surface area contributed by atoms with Crippen LogP contribution in [0.5, 0.6) is 0 Å². The minimum atomic E-state index is -0.675. The molecule has 0 aliphatic rings. The summed E-state index contributed by atoms with van der Waals surface area (Å²) in [6, 6.07) is 2.97. The number of halogens is 2. The molecule has 0 bridgehead atoms. The molecule has 14 heavy (non-hydrogen) atoms. The summed E-state index contributed by atoms with van der Waals surface area (Å²) in [6.07, 6.45) is 1.14. The van der Waals surface area contributed by atoms with Gasteiger partial charge in [-0.3, -0.25) is 0 Å². The highest BCUT2D eigenvalue weighted by molar-refractivity contribution is 5.85. The van der Waals surface area contributed by atoms with Gasteiger partial charge in [-0.15, -0.1) is 0 Å². The maximum absolute atomic E-state index is 12.6. The Morgan fingerprint density at radius 1 is 1.29 bits per heavy atom. The standard InChI is InChI=1S/C9H9F2N3/c1-6(12)13-5-14-9-3-7(10)2-8(11)4-9/h2-5H,1H3,(H2,12,13,14). The fourth-order valence-corrected chi connectivity index (χ4v) is 0.800. The van der Waals surface area contributed by atoms with Gasteiger partial charge < -0.3 is 5.73 Å². The van der Waals surface area contributed by atoms with Crippen LogP contribution >= 0.6 is 0 Å². The van der Waals surface area contributed by atoms with Gasteiger partial charge in [0.15, 0.2) is 0 Å². The van der Waals surface area contributed by atoms with Crippen molar-refractivity contribution in [3.05, 3.63) is 29.8 Å². The maximum atomic E-state index is 12.6. The van der Waals surface area contributed by atoms with E-state index in [2.05, 4.69) is 9.98 Å². The summed E-state index contributed by atoms with van der Waals surface area (Å²) in [6.45, 7) is 1.58. The zero-order valence-electron chi connectivity index (χ0n) is 7.54. The normalized spacial score (nSPS) is 12.4. The average Bonchev–Trinajstić information content (AvgIpc) is 2.01. The SMILES string of the molecule is CC(N)=NC=Nc1cc(F)cc(F)c1. The first kappa shape index (κ1) is 10.3. The molecule has 1 rings (SSSR count). The highest BCUT2D eigenvalue weighted by Crippen LogP contribution is 2.15. The molecule has 1 aromatic carbocycles. The summed E-state index contributed by atoms with van der Waals surface area (Å²) in [5.41, 5.74) is 5.39. The van der Waals surface area contributed by atoms with Crippen molar-refractivity contribution in [2.75, 3.05) is 0 Å². The van der Waals surface area contributed by atoms with Crippen molar-refractivity contribution in [3.63, 3.8) is 0 Å². The summed E-state index contributed by atoms with van der Waals surface area (Å²) in [4.78, 5) is 7.33. The molecule has 0 fully saturated rings. The van der Waals surface area contributed by atoms with E-state index in [1.165, 1.54) is 0 Å². The molecule has 0 aliphatic heterocycles. The largest absolute Gasteiger partial charge is 0.387 e. The Balaban J connectivity index is 2.87. The van der Waals surface area contributed by atoms with Crippen LogP contribution in [0.2, 0.25) is 0 Å². The number of nitrogens with zero attached hydrogens (tertiary/aromatic N) is 2. The van der Waals surface area contributed by atoms with Gasteiger partial charge in [0, 0.05) is 6.07 Å². The van der Waals surface area contributed by atoms with E-state index in [-0.39, 0.29) is 5.69 Å². The number of hydrogen-bond donors (Lipinski definition) is 1. The van der Waals surface area contributed by atoms with Crippen LogP contribution in [0, 0.1) is 11.6 Å². The van der Waals surface area contributed by atoms with E-state index >= 15 is 0 Å². The van der Waals surface area contributed by atoms with E-state index in [4.69, 9.17) is 5.73 Å². The lowest BCUT2D eigenvalue weighted by atomic mass is 10.3. The van der Waals surface area contributed by atoms with Crippen LogP contribution in [0.4, 0.5) is 14.5 Å². The molecule has 0 unspecified atom stereocenters. The van der Waals surface area contributed by atoms with Gasteiger partial charge in [-0.2, -0.15) is 0 Å². The molecule has 0 amide bonds. The first-order valence-corrected chi connectivity index (χ1v) is 3.86. The molecule has 0 saturated heterocycles. The lowest BCUT2D eigenvalue weighted by Gasteiger charge is -1.93. The lowest BCUT2D eigenvalue weighted by Crippen LogP contribution is -2.04. The summed E-state index contributed by atoms with van der Waals surface area (Å²) in [5, 5.41) is 0. The molecule has 5 heteroatoms. The number of amidine groups is 1. The Labute approximate surface area is 80.0 Å². The summed E-state index contributed by atoms with van der Waals surface area (Å²) >= 11 is 0. The molecular formula is C9H9F2N3. The monoisotopic (exact) mass is 197 g/mol. The van der Waals surface area contributed by atoms with Crippen LogP contribution in [0.15, 0.2) is 28.2 Å². The predicted molar refractivity (Wildman–Crippen MR) is 51.8 cm³/mol. The molecular weight excluding hydrogens is 188 g/mol. The van der Waals surface area contributed by atoms with Crippen molar-refractivity contribution < 1.29 is 8.78 Å². The quantitative estimate of drug-likeness (QED) is 0.572. The minimum Gasteiger partial charge on any atom is -0.387 e. The van der Waals surface area contributed by atoms with Crippen LogP contribution in [0.3, 0.4) is 0 Å². The van der Waals surface area contributed by atoms with Crippen molar-refractivity contribution in [1.29, 1.82) is 0 Å². The number of benzene rings is 1. The number of hydrogen-bond acceptors (Lipinski definition) is 1. The number of rotatable bonds is 2. The van der Waals surface area contributed by atoms with Gasteiger partial charge in [0.1, 0.15) is 18.0 Å². The Kier molecular flexibility index (Phi) is 3.28. The topological polar surface area (TPSA) is 50.7 Å². The Morgan fingerprint density at radius 3 is 2.36 bits per heavy atom. The average molecular weight is 197 g/mol. The molecule has 0 atom stereocenters. The van der Waals surface area contributed by atoms with Crippen molar-refractivity contribution >= 4 is 17.9 Å². The van der Waals surface area contributed by atoms with Crippen molar-refractivity contribution in [1.82, 2.24) is 0 Å². The molecule has 3 nitrogen and oxygen atoms in total. The molecule has 0 spiro atoms. The minimum absolute atomic E-state index is 0.160. The van der Waals surface area contributed by atoms with E-state index in [0.29, 0.717) is 5.84 Å². The van der Waals surface area contributed by atoms with E-state index in [0.717, 1.165) is 24.5 Å². The van der Waals surface area contributed by atoms with E-state index in [1.807, 2.05) is 0 Å². The Hall–Kier alpha value is -1.78. The molecule has 2 N–H and O–H groups in total. The Morgan fingerprint density at radius 2 is 1.86 bits per heavy atom. The van der Waals surface area contributed by atoms with E-state index in [1.54, 1.807) is 6.92 Å². The third-order valence-corrected chi connectivity index (χ3v) is 1.32. The van der Waals surface area contributed by atoms with E-state index < -0.39 is 11.6 Å². The van der Waals surface area contributed by atoms with Gasteiger partial charge in [0.05, 0.1) is 11.5 Å². The second-order valence-corrected chi connectivity index (χ2v) is 2.64. The zero-order valence-corrected chi connectivity index (χ0v) is 7.54. The molecule has 0 radical (unpaired) electrons. The predicted octanol–water partition coefficient (Wildman–Crippen LogP) is 2.00. The first-order valence-electron chi connectivity index (χ1n) is 3.86. The third kappa shape index (κ3) is 3.30. The fraction of sp³-hybridized carbons (Fsp3) is 0.111. The summed E-state index contributed by atoms with van der Waals surface area (Å²) in [5.74, 6) is -1.03. The van der Waals surface area contributed by atoms with Crippen LogP contribution in [0.1, 0.15) is 6.92 Å². The lowest BCUT2D eigenvalue weighted by molar-refractivity contribution is 0.584. The van der Waals surface area contributed by atoms with Gasteiger partial charge in [-0.1, -0.05) is 0 Å². The Bertz CT molecular complexity index is 361. The smallest absolute Gasteiger partial charge is 0.128 e.